The zero-order chi connectivity index (χ0) is 14.9. The molecule has 0 radical (unpaired) electrons. The van der Waals surface area contributed by atoms with Crippen LogP contribution >= 0.6 is 23.2 Å². The molecular weight excluding hydrogens is 302 g/mol. The number of halogens is 3. The van der Waals surface area contributed by atoms with Crippen molar-refractivity contribution in [1.29, 1.82) is 0 Å². The second kappa shape index (κ2) is 5.56. The van der Waals surface area contributed by atoms with Crippen LogP contribution in [0.4, 0.5) is 4.39 Å². The van der Waals surface area contributed by atoms with Crippen LogP contribution in [0.25, 0.3) is 0 Å². The fourth-order valence-corrected chi connectivity index (χ4v) is 2.47. The quantitative estimate of drug-likeness (QED) is 0.877. The van der Waals surface area contributed by atoms with Gasteiger partial charge in [-0.1, -0.05) is 23.2 Å². The van der Waals surface area contributed by atoms with Crippen molar-refractivity contribution in [1.82, 2.24) is 4.98 Å². The zero-order valence-corrected chi connectivity index (χ0v) is 12.5. The smallest absolute Gasteiger partial charge is 0.142 e. The lowest BCUT2D eigenvalue weighted by Crippen LogP contribution is -2.35. The van der Waals surface area contributed by atoms with E-state index in [0.717, 1.165) is 0 Å². The first-order valence-corrected chi connectivity index (χ1v) is 6.55. The summed E-state index contributed by atoms with van der Waals surface area (Å²) in [7, 11) is 1.53. The lowest BCUT2D eigenvalue weighted by Gasteiger charge is -2.27. The van der Waals surface area contributed by atoms with Crippen molar-refractivity contribution in [2.24, 2.45) is 5.73 Å². The van der Waals surface area contributed by atoms with E-state index in [1.54, 1.807) is 25.4 Å². The average Bonchev–Trinajstić information content (AvgIpc) is 2.42. The molecule has 0 saturated carbocycles. The highest BCUT2D eigenvalue weighted by Crippen LogP contribution is 2.35. The van der Waals surface area contributed by atoms with E-state index in [0.29, 0.717) is 21.9 Å². The van der Waals surface area contributed by atoms with Gasteiger partial charge in [0, 0.05) is 11.2 Å². The van der Waals surface area contributed by atoms with Gasteiger partial charge in [-0.2, -0.15) is 0 Å². The fraction of sp³-hybridized carbons (Fsp3) is 0.214. The molecule has 1 aromatic carbocycles. The lowest BCUT2D eigenvalue weighted by atomic mass is 9.86. The van der Waals surface area contributed by atoms with Gasteiger partial charge in [0.1, 0.15) is 11.6 Å². The Morgan fingerprint density at radius 2 is 1.90 bits per heavy atom. The molecule has 1 atom stereocenters. The standard InChI is InChI=1S/C14H13Cl2FN2O/c1-14(18,8-3-9(20-2)7-19-6-8)10-4-13(17)12(16)5-11(10)15/h3-7H,18H2,1-2H3. The van der Waals surface area contributed by atoms with Crippen molar-refractivity contribution in [3.63, 3.8) is 0 Å². The maximum Gasteiger partial charge on any atom is 0.142 e. The maximum absolute atomic E-state index is 13.7. The first kappa shape index (κ1) is 15.0. The topological polar surface area (TPSA) is 48.1 Å². The minimum Gasteiger partial charge on any atom is -0.495 e. The molecule has 2 aromatic rings. The molecule has 3 nitrogen and oxygen atoms in total. The van der Waals surface area contributed by atoms with Gasteiger partial charge in [0.2, 0.25) is 0 Å². The number of aromatic nitrogens is 1. The van der Waals surface area contributed by atoms with Crippen molar-refractivity contribution in [2.45, 2.75) is 12.5 Å². The molecule has 20 heavy (non-hydrogen) atoms. The molecule has 2 N–H and O–H groups in total. The van der Waals surface area contributed by atoms with Crippen molar-refractivity contribution in [3.05, 3.63) is 57.6 Å². The zero-order valence-electron chi connectivity index (χ0n) is 11.0. The van der Waals surface area contributed by atoms with Crippen LogP contribution in [-0.2, 0) is 5.54 Å². The average molecular weight is 315 g/mol. The number of hydrogen-bond donors (Lipinski definition) is 1. The van der Waals surface area contributed by atoms with E-state index >= 15 is 0 Å². The summed E-state index contributed by atoms with van der Waals surface area (Å²) in [6.45, 7) is 1.72. The van der Waals surface area contributed by atoms with Crippen LogP contribution in [-0.4, -0.2) is 12.1 Å². The summed E-state index contributed by atoms with van der Waals surface area (Å²) in [6.07, 6.45) is 3.15. The summed E-state index contributed by atoms with van der Waals surface area (Å²) >= 11 is 11.8. The number of nitrogens with zero attached hydrogens (tertiary/aromatic N) is 1. The van der Waals surface area contributed by atoms with E-state index in [1.807, 2.05) is 0 Å². The summed E-state index contributed by atoms with van der Waals surface area (Å²) in [6, 6.07) is 4.31. The summed E-state index contributed by atoms with van der Waals surface area (Å²) in [5, 5.41) is 0.252. The van der Waals surface area contributed by atoms with Crippen molar-refractivity contribution < 1.29 is 9.13 Å². The first-order chi connectivity index (χ1) is 9.36. The summed E-state index contributed by atoms with van der Waals surface area (Å²) in [4.78, 5) is 4.05. The molecule has 0 aliphatic heterocycles. The molecule has 0 spiro atoms. The molecule has 0 aliphatic rings. The molecule has 1 aromatic heterocycles. The third-order valence-corrected chi connectivity index (χ3v) is 3.72. The highest BCUT2D eigenvalue weighted by atomic mass is 35.5. The van der Waals surface area contributed by atoms with Gasteiger partial charge in [-0.15, -0.1) is 0 Å². The van der Waals surface area contributed by atoms with Crippen LogP contribution in [0.15, 0.2) is 30.6 Å². The molecule has 6 heteroatoms. The minimum atomic E-state index is -1.02. The largest absolute Gasteiger partial charge is 0.495 e. The van der Waals surface area contributed by atoms with Gasteiger partial charge < -0.3 is 10.5 Å². The highest BCUT2D eigenvalue weighted by Gasteiger charge is 2.28. The normalized spacial score (nSPS) is 13.9. The van der Waals surface area contributed by atoms with E-state index in [9.17, 15) is 4.39 Å². The molecule has 1 heterocycles. The second-order valence-electron chi connectivity index (χ2n) is 4.56. The molecule has 0 amide bonds. The maximum atomic E-state index is 13.7. The van der Waals surface area contributed by atoms with Gasteiger partial charge in [-0.05, 0) is 36.2 Å². The number of ether oxygens (including phenoxy) is 1. The van der Waals surface area contributed by atoms with Gasteiger partial charge in [0.05, 0.1) is 23.9 Å². The first-order valence-electron chi connectivity index (χ1n) is 5.79. The van der Waals surface area contributed by atoms with Crippen LogP contribution in [0.5, 0.6) is 5.75 Å². The second-order valence-corrected chi connectivity index (χ2v) is 5.38. The Bertz CT molecular complexity index is 647. The van der Waals surface area contributed by atoms with Gasteiger partial charge in [0.15, 0.2) is 0 Å². The Morgan fingerprint density at radius 3 is 2.55 bits per heavy atom. The van der Waals surface area contributed by atoms with E-state index in [4.69, 9.17) is 33.7 Å². The molecule has 106 valence electrons. The van der Waals surface area contributed by atoms with Crippen molar-refractivity contribution in [3.8, 4) is 5.75 Å². The third-order valence-electron chi connectivity index (χ3n) is 3.12. The van der Waals surface area contributed by atoms with Gasteiger partial charge >= 0.3 is 0 Å². The van der Waals surface area contributed by atoms with E-state index in [2.05, 4.69) is 4.98 Å². The summed E-state index contributed by atoms with van der Waals surface area (Å²) < 4.78 is 18.8. The van der Waals surface area contributed by atoms with E-state index < -0.39 is 11.4 Å². The van der Waals surface area contributed by atoms with Crippen LogP contribution in [0.1, 0.15) is 18.1 Å². The Kier molecular flexibility index (Phi) is 4.18. The van der Waals surface area contributed by atoms with E-state index in [-0.39, 0.29) is 5.02 Å². The summed E-state index contributed by atoms with van der Waals surface area (Å²) in [5.41, 5.74) is 6.37. The Hall–Kier alpha value is -1.36. The molecular formula is C14H13Cl2FN2O. The van der Waals surface area contributed by atoms with Crippen LogP contribution < -0.4 is 10.5 Å². The summed E-state index contributed by atoms with van der Waals surface area (Å²) in [5.74, 6) is -0.0108. The number of nitrogens with two attached hydrogens (primary N) is 1. The lowest BCUT2D eigenvalue weighted by molar-refractivity contribution is 0.410. The number of rotatable bonds is 3. The highest BCUT2D eigenvalue weighted by molar-refractivity contribution is 6.35. The van der Waals surface area contributed by atoms with Gasteiger partial charge in [0.25, 0.3) is 0 Å². The fourth-order valence-electron chi connectivity index (χ4n) is 1.89. The predicted octanol–water partition coefficient (Wildman–Crippen LogP) is 3.76. The van der Waals surface area contributed by atoms with E-state index in [1.165, 1.54) is 19.2 Å². The van der Waals surface area contributed by atoms with Crippen molar-refractivity contribution in [2.75, 3.05) is 7.11 Å². The molecule has 1 unspecified atom stereocenters. The number of pyridine rings is 1. The number of hydrogen-bond acceptors (Lipinski definition) is 3. The van der Waals surface area contributed by atoms with Gasteiger partial charge in [-0.25, -0.2) is 4.39 Å². The third kappa shape index (κ3) is 2.73. The molecule has 2 rings (SSSR count). The van der Waals surface area contributed by atoms with Gasteiger partial charge in [-0.3, -0.25) is 4.98 Å². The molecule has 0 bridgehead atoms. The predicted molar refractivity (Wildman–Crippen MR) is 77.9 cm³/mol. The number of benzene rings is 1. The minimum absolute atomic E-state index is 0.0432. The monoisotopic (exact) mass is 314 g/mol. The molecule has 0 fully saturated rings. The van der Waals surface area contributed by atoms with Crippen LogP contribution in [0.2, 0.25) is 10.0 Å². The van der Waals surface area contributed by atoms with Crippen LogP contribution in [0, 0.1) is 5.82 Å². The Labute approximate surface area is 126 Å². The molecule has 0 aliphatic carbocycles. The van der Waals surface area contributed by atoms with Crippen molar-refractivity contribution >= 4 is 23.2 Å². The molecule has 0 saturated heterocycles. The SMILES string of the molecule is COc1cncc(C(C)(N)c2cc(F)c(Cl)cc2Cl)c1. The van der Waals surface area contributed by atoms with Crippen LogP contribution in [0.3, 0.4) is 0 Å². The number of methoxy groups -OCH3 is 1. The Balaban J connectivity index is 2.56. The Morgan fingerprint density at radius 1 is 1.20 bits per heavy atom.